The van der Waals surface area contributed by atoms with Gasteiger partial charge in [0.15, 0.2) is 5.75 Å². The Morgan fingerprint density at radius 3 is 2.37 bits per heavy atom. The highest BCUT2D eigenvalue weighted by molar-refractivity contribution is 7.82. The largest absolute Gasteiger partial charge is 0.432 e. The Labute approximate surface area is 308 Å². The average Bonchev–Trinajstić information content (AvgIpc) is 3.43. The van der Waals surface area contributed by atoms with E-state index in [1.807, 2.05) is 23.0 Å². The lowest BCUT2D eigenvalue weighted by Crippen LogP contribution is -2.49. The molecule has 52 heavy (non-hydrogen) atoms. The monoisotopic (exact) mass is 744 g/mol. The van der Waals surface area contributed by atoms with E-state index >= 15 is 0 Å². The molecule has 0 aliphatic carbocycles. The van der Waals surface area contributed by atoms with Crippen molar-refractivity contribution >= 4 is 40.0 Å². The molecule has 1 aromatic carbocycles. The number of fused-ring (bicyclic) bond motifs is 3. The summed E-state index contributed by atoms with van der Waals surface area (Å²) in [7, 11) is 4.98. The van der Waals surface area contributed by atoms with Crippen molar-refractivity contribution in [2.45, 2.75) is 115 Å². The molecule has 2 bridgehead atoms. The van der Waals surface area contributed by atoms with E-state index in [-0.39, 0.29) is 23.6 Å². The molecule has 3 saturated heterocycles. The average molecular weight is 745 g/mol. The molecular formula is C37H54F2N8O4S. The Morgan fingerprint density at radius 1 is 1.10 bits per heavy atom. The van der Waals surface area contributed by atoms with Crippen molar-refractivity contribution in [1.82, 2.24) is 34.3 Å². The van der Waals surface area contributed by atoms with Crippen LogP contribution in [0.15, 0.2) is 24.5 Å². The van der Waals surface area contributed by atoms with E-state index in [9.17, 15) is 22.6 Å². The molecule has 2 N–H and O–H groups in total. The highest BCUT2D eigenvalue weighted by atomic mass is 32.2. The number of amides is 1. The number of ether oxygens (including phenoxy) is 1. The zero-order chi connectivity index (χ0) is 37.4. The van der Waals surface area contributed by atoms with E-state index in [0.717, 1.165) is 55.2 Å². The molecule has 12 nitrogen and oxygen atoms in total. The number of anilines is 1. The van der Waals surface area contributed by atoms with E-state index < -0.39 is 17.6 Å². The maximum atomic E-state index is 12.0. The lowest BCUT2D eigenvalue weighted by Gasteiger charge is -2.47. The number of carbonyl (C=O) groups is 2. The van der Waals surface area contributed by atoms with Crippen molar-refractivity contribution in [1.29, 1.82) is 0 Å². The minimum absolute atomic E-state index is 0.0478. The summed E-state index contributed by atoms with van der Waals surface area (Å²) in [6.45, 7) is 2.86. The number of nitrogens with zero attached hydrogens (tertiary/aromatic N) is 6. The van der Waals surface area contributed by atoms with Crippen LogP contribution in [0, 0.1) is 6.92 Å². The molecule has 6 rings (SSSR count). The fourth-order valence-electron chi connectivity index (χ4n) is 7.96. The number of hydrogen-bond acceptors (Lipinski definition) is 9. The van der Waals surface area contributed by atoms with E-state index in [2.05, 4.69) is 56.3 Å². The predicted octanol–water partition coefficient (Wildman–Crippen LogP) is 5.45. The highest BCUT2D eigenvalue weighted by Gasteiger charge is 2.37. The first-order valence-corrected chi connectivity index (χ1v) is 19.8. The van der Waals surface area contributed by atoms with Gasteiger partial charge in [0.05, 0.1) is 40.5 Å². The van der Waals surface area contributed by atoms with Crippen LogP contribution in [0.2, 0.25) is 0 Å². The van der Waals surface area contributed by atoms with Crippen LogP contribution in [0.4, 0.5) is 14.7 Å². The molecule has 0 radical (unpaired) electrons. The molecule has 5 heterocycles. The minimum Gasteiger partial charge on any atom is -0.432 e. The zero-order valence-corrected chi connectivity index (χ0v) is 31.8. The number of piperidine rings is 3. The molecule has 4 unspecified atom stereocenters. The third-order valence-corrected chi connectivity index (χ3v) is 12.5. The molecule has 2 aromatic heterocycles. The Kier molecular flexibility index (Phi) is 14.1. The number of benzene rings is 1. The molecule has 3 fully saturated rings. The number of hydrogen-bond donors (Lipinski definition) is 2. The van der Waals surface area contributed by atoms with Crippen LogP contribution in [0.5, 0.6) is 5.75 Å². The van der Waals surface area contributed by atoms with Gasteiger partial charge in [0, 0.05) is 62.9 Å². The fraction of sp³-hybridized carbons (Fsp3) is 0.649. The summed E-state index contributed by atoms with van der Waals surface area (Å²) < 4.78 is 44.0. The summed E-state index contributed by atoms with van der Waals surface area (Å²) in [5.74, 6) is 1.20. The second-order valence-corrected chi connectivity index (χ2v) is 15.8. The molecular weight excluding hydrogens is 691 g/mol. The topological polar surface area (TPSA) is 135 Å². The number of rotatable bonds is 13. The van der Waals surface area contributed by atoms with Gasteiger partial charge in [-0.15, -0.1) is 0 Å². The smallest absolute Gasteiger partial charge is 0.387 e. The Morgan fingerprint density at radius 2 is 1.77 bits per heavy atom. The third-order valence-electron chi connectivity index (χ3n) is 10.8. The standard InChI is InChI=1S/C24H34N4O2.C13H20F2N4O2S/c1-15-10-21-22(28(4)26-24(21)16(14-29)8-9-23(30)25-2)13-20(15)17-11-18-6-5-7-19(12-17)27(18)3;1-2-7-22(20)19-5-3-10(4-6-19)18-13-16-8-11(9-17-13)21-12(14)15/h10,13-14,16-19H,5-9,11-12H2,1-4H3,(H,25,30);8-10,12H,2-7H2,1H3,(H,16,17,18). The van der Waals surface area contributed by atoms with E-state index in [1.165, 1.54) is 55.6 Å². The van der Waals surface area contributed by atoms with Crippen molar-refractivity contribution in [2.75, 3.05) is 38.3 Å². The number of aryl methyl sites for hydroxylation is 2. The van der Waals surface area contributed by atoms with Crippen molar-refractivity contribution in [3.8, 4) is 5.75 Å². The summed E-state index contributed by atoms with van der Waals surface area (Å²) in [6.07, 6.45) is 13.2. The molecule has 3 aromatic rings. The van der Waals surface area contributed by atoms with Gasteiger partial charge < -0.3 is 25.1 Å². The van der Waals surface area contributed by atoms with Crippen LogP contribution >= 0.6 is 0 Å². The second-order valence-electron chi connectivity index (χ2n) is 14.3. The molecule has 15 heteroatoms. The van der Waals surface area contributed by atoms with Gasteiger partial charge in [-0.1, -0.05) is 13.3 Å². The number of alkyl halides is 2. The first-order valence-electron chi connectivity index (χ1n) is 18.5. The molecule has 3 aliphatic heterocycles. The van der Waals surface area contributed by atoms with Gasteiger partial charge in [-0.2, -0.15) is 13.9 Å². The molecule has 3 aliphatic rings. The maximum Gasteiger partial charge on any atom is 0.387 e. The van der Waals surface area contributed by atoms with E-state index in [1.54, 1.807) is 7.05 Å². The first kappa shape index (κ1) is 39.6. The van der Waals surface area contributed by atoms with Gasteiger partial charge in [-0.05, 0) is 94.5 Å². The van der Waals surface area contributed by atoms with Crippen molar-refractivity contribution < 1.29 is 27.3 Å². The maximum absolute atomic E-state index is 12.0. The lowest BCUT2D eigenvalue weighted by atomic mass is 9.75. The predicted molar refractivity (Wildman–Crippen MR) is 199 cm³/mol. The number of aromatic nitrogens is 4. The zero-order valence-electron chi connectivity index (χ0n) is 31.0. The number of aldehydes is 1. The van der Waals surface area contributed by atoms with Gasteiger partial charge in [0.25, 0.3) is 0 Å². The second kappa shape index (κ2) is 18.5. The van der Waals surface area contributed by atoms with E-state index in [4.69, 9.17) is 5.10 Å². The molecule has 0 spiro atoms. The Balaban J connectivity index is 0.000000212. The summed E-state index contributed by atoms with van der Waals surface area (Å²) >= 11 is 0. The minimum atomic E-state index is -2.88. The molecule has 1 amide bonds. The highest BCUT2D eigenvalue weighted by Crippen LogP contribution is 2.43. The number of carbonyl (C=O) groups excluding carboxylic acids is 2. The van der Waals surface area contributed by atoms with Crippen LogP contribution in [0.1, 0.15) is 99.8 Å². The number of halogens is 2. The normalized spacial score (nSPS) is 22.3. The summed E-state index contributed by atoms with van der Waals surface area (Å²) in [6, 6.07) is 6.12. The third kappa shape index (κ3) is 9.90. The summed E-state index contributed by atoms with van der Waals surface area (Å²) in [5.41, 5.74) is 4.61. The van der Waals surface area contributed by atoms with Crippen LogP contribution in [-0.2, 0) is 27.6 Å². The van der Waals surface area contributed by atoms with Crippen LogP contribution in [0.25, 0.3) is 10.9 Å². The van der Waals surface area contributed by atoms with Crippen molar-refractivity contribution in [2.24, 2.45) is 7.05 Å². The van der Waals surface area contributed by atoms with Gasteiger partial charge in [-0.3, -0.25) is 9.48 Å². The van der Waals surface area contributed by atoms with Gasteiger partial charge in [0.2, 0.25) is 11.9 Å². The number of nitrogens with one attached hydrogen (secondary N) is 2. The summed E-state index contributed by atoms with van der Waals surface area (Å²) in [4.78, 5) is 34.0. The molecule has 4 atom stereocenters. The fourth-order valence-corrected chi connectivity index (χ4v) is 9.19. The SMILES string of the molecule is CCCS(=O)N1CCC(Nc2ncc(OC(F)F)cn2)CC1.CNC(=O)CCC(C=O)c1nn(C)c2cc(C3CC4CCCC(C3)N4C)c(C)cc12. The molecule has 0 saturated carbocycles. The lowest BCUT2D eigenvalue weighted by molar-refractivity contribution is -0.120. The van der Waals surface area contributed by atoms with E-state index in [0.29, 0.717) is 42.5 Å². The van der Waals surface area contributed by atoms with Gasteiger partial charge in [-0.25, -0.2) is 18.5 Å². The van der Waals surface area contributed by atoms with Gasteiger partial charge >= 0.3 is 6.61 Å². The summed E-state index contributed by atoms with van der Waals surface area (Å²) in [5, 5.41) is 11.5. The van der Waals surface area contributed by atoms with Crippen molar-refractivity contribution in [3.05, 3.63) is 41.3 Å². The molecule has 286 valence electrons. The van der Waals surface area contributed by atoms with Crippen LogP contribution in [-0.4, -0.2) is 103 Å². The first-order chi connectivity index (χ1) is 25.0. The van der Waals surface area contributed by atoms with Crippen molar-refractivity contribution in [3.63, 3.8) is 0 Å². The Hall–Kier alpha value is -3.56. The van der Waals surface area contributed by atoms with Gasteiger partial charge in [0.1, 0.15) is 6.29 Å². The quantitative estimate of drug-likeness (QED) is 0.219. The van der Waals surface area contributed by atoms with Crippen LogP contribution in [0.3, 0.4) is 0 Å². The Bertz CT molecular complexity index is 1650. The van der Waals surface area contributed by atoms with Crippen LogP contribution < -0.4 is 15.4 Å².